The van der Waals surface area contributed by atoms with Crippen LogP contribution in [0, 0.1) is 0 Å². The molecule has 0 aliphatic heterocycles. The summed E-state index contributed by atoms with van der Waals surface area (Å²) in [5.41, 5.74) is -0.211. The second kappa shape index (κ2) is 6.34. The summed E-state index contributed by atoms with van der Waals surface area (Å²) in [6.45, 7) is 5.94. The van der Waals surface area contributed by atoms with Crippen molar-refractivity contribution in [1.82, 2.24) is 5.32 Å². The first-order valence-corrected chi connectivity index (χ1v) is 7.02. The van der Waals surface area contributed by atoms with Gasteiger partial charge in [-0.2, -0.15) is 0 Å². The van der Waals surface area contributed by atoms with Gasteiger partial charge < -0.3 is 5.11 Å². The lowest BCUT2D eigenvalue weighted by Gasteiger charge is -2.33. The van der Waals surface area contributed by atoms with Crippen molar-refractivity contribution in [2.75, 3.05) is 0 Å². The monoisotopic (exact) mass is 313 g/mol. The van der Waals surface area contributed by atoms with E-state index in [-0.39, 0.29) is 6.04 Å². The highest BCUT2D eigenvalue weighted by molar-refractivity contribution is 9.10. The Balaban J connectivity index is 3.18. The zero-order valence-corrected chi connectivity index (χ0v) is 12.6. The van der Waals surface area contributed by atoms with Gasteiger partial charge >= 0.3 is 5.97 Å². The molecule has 0 saturated carbocycles. The summed E-state index contributed by atoms with van der Waals surface area (Å²) in [6.07, 6.45) is 1.40. The molecule has 0 spiro atoms. The van der Waals surface area contributed by atoms with E-state index in [4.69, 9.17) is 0 Å². The van der Waals surface area contributed by atoms with Crippen LogP contribution in [-0.4, -0.2) is 17.1 Å². The van der Waals surface area contributed by atoms with Crippen LogP contribution in [0.15, 0.2) is 28.7 Å². The highest BCUT2D eigenvalue weighted by Crippen LogP contribution is 2.28. The van der Waals surface area contributed by atoms with E-state index in [1.165, 1.54) is 0 Å². The van der Waals surface area contributed by atoms with Crippen LogP contribution in [0.5, 0.6) is 0 Å². The summed E-state index contributed by atoms with van der Waals surface area (Å²) in [7, 11) is 0. The van der Waals surface area contributed by atoms with E-state index < -0.39 is 11.5 Å². The molecule has 1 aromatic carbocycles. The van der Waals surface area contributed by atoms with Gasteiger partial charge in [-0.1, -0.05) is 41.9 Å². The van der Waals surface area contributed by atoms with Crippen LogP contribution in [0.3, 0.4) is 0 Å². The molecule has 100 valence electrons. The third-order valence-electron chi connectivity index (χ3n) is 3.34. The predicted octanol–water partition coefficient (Wildman–Crippen LogP) is 3.53. The van der Waals surface area contributed by atoms with E-state index in [2.05, 4.69) is 21.2 Å². The maximum absolute atomic E-state index is 11.7. The summed E-state index contributed by atoms with van der Waals surface area (Å²) in [4.78, 5) is 11.7. The standard InChI is InChI=1S/C14H20BrNO2/c1-4-10(3)16-14(5-2,13(17)18)11-6-8-12(15)9-7-11/h6-10,16H,4-5H2,1-3H3,(H,17,18). The summed E-state index contributed by atoms with van der Waals surface area (Å²) < 4.78 is 0.949. The van der Waals surface area contributed by atoms with Gasteiger partial charge in [0.15, 0.2) is 0 Å². The Morgan fingerprint density at radius 2 is 1.94 bits per heavy atom. The van der Waals surface area contributed by atoms with E-state index in [1.807, 2.05) is 45.0 Å². The van der Waals surface area contributed by atoms with Crippen molar-refractivity contribution in [3.05, 3.63) is 34.3 Å². The van der Waals surface area contributed by atoms with Crippen molar-refractivity contribution in [3.8, 4) is 0 Å². The van der Waals surface area contributed by atoms with Crippen molar-refractivity contribution in [3.63, 3.8) is 0 Å². The molecule has 0 bridgehead atoms. The molecule has 2 N–H and O–H groups in total. The molecule has 4 heteroatoms. The third-order valence-corrected chi connectivity index (χ3v) is 3.87. The average molecular weight is 314 g/mol. The smallest absolute Gasteiger partial charge is 0.328 e. The lowest BCUT2D eigenvalue weighted by Crippen LogP contribution is -2.52. The number of benzene rings is 1. The van der Waals surface area contributed by atoms with E-state index in [0.717, 1.165) is 16.5 Å². The number of aliphatic carboxylic acids is 1. The summed E-state index contributed by atoms with van der Waals surface area (Å²) >= 11 is 3.37. The normalized spacial score (nSPS) is 16.0. The number of halogens is 1. The molecule has 0 aromatic heterocycles. The Morgan fingerprint density at radius 3 is 2.33 bits per heavy atom. The Bertz CT molecular complexity index is 405. The van der Waals surface area contributed by atoms with E-state index >= 15 is 0 Å². The van der Waals surface area contributed by atoms with Crippen LogP contribution in [0.1, 0.15) is 39.2 Å². The molecule has 2 unspecified atom stereocenters. The quantitative estimate of drug-likeness (QED) is 0.844. The van der Waals surface area contributed by atoms with Crippen molar-refractivity contribution >= 4 is 21.9 Å². The molecule has 3 nitrogen and oxygen atoms in total. The molecule has 0 saturated heterocycles. The largest absolute Gasteiger partial charge is 0.480 e. The number of carboxylic acids is 1. The van der Waals surface area contributed by atoms with Crippen molar-refractivity contribution < 1.29 is 9.90 Å². The minimum atomic E-state index is -1.00. The minimum absolute atomic E-state index is 0.157. The molecule has 0 aliphatic carbocycles. The number of carboxylic acid groups (broad SMARTS) is 1. The molecule has 1 rings (SSSR count). The fourth-order valence-electron chi connectivity index (χ4n) is 1.98. The molecule has 1 aromatic rings. The fourth-order valence-corrected chi connectivity index (χ4v) is 2.25. The Kier molecular flexibility index (Phi) is 5.35. The summed E-state index contributed by atoms with van der Waals surface area (Å²) in [5, 5.41) is 12.9. The van der Waals surface area contributed by atoms with Gasteiger partial charge in [0, 0.05) is 10.5 Å². The SMILES string of the molecule is CCC(C)NC(CC)(C(=O)O)c1ccc(Br)cc1. The predicted molar refractivity (Wildman–Crippen MR) is 76.6 cm³/mol. The van der Waals surface area contributed by atoms with E-state index in [1.54, 1.807) is 0 Å². The summed E-state index contributed by atoms with van der Waals surface area (Å²) in [5.74, 6) is -0.826. The Morgan fingerprint density at radius 1 is 1.39 bits per heavy atom. The molecular formula is C14H20BrNO2. The zero-order chi connectivity index (χ0) is 13.8. The molecule has 2 atom stereocenters. The first-order chi connectivity index (χ1) is 8.46. The van der Waals surface area contributed by atoms with Crippen molar-refractivity contribution in [2.24, 2.45) is 0 Å². The fraction of sp³-hybridized carbons (Fsp3) is 0.500. The highest BCUT2D eigenvalue weighted by Gasteiger charge is 2.39. The Hall–Kier alpha value is -0.870. The molecule has 0 amide bonds. The highest BCUT2D eigenvalue weighted by atomic mass is 79.9. The Labute approximate surface area is 117 Å². The van der Waals surface area contributed by atoms with Crippen LogP contribution in [0.25, 0.3) is 0 Å². The number of rotatable bonds is 6. The number of hydrogen-bond acceptors (Lipinski definition) is 2. The molecule has 0 heterocycles. The number of nitrogens with one attached hydrogen (secondary N) is 1. The van der Waals surface area contributed by atoms with Crippen molar-refractivity contribution in [1.29, 1.82) is 0 Å². The van der Waals surface area contributed by atoms with Gasteiger partial charge in [-0.25, -0.2) is 4.79 Å². The molecule has 0 radical (unpaired) electrons. The number of hydrogen-bond donors (Lipinski definition) is 2. The lowest BCUT2D eigenvalue weighted by molar-refractivity contribution is -0.146. The topological polar surface area (TPSA) is 49.3 Å². The van der Waals surface area contributed by atoms with Crippen LogP contribution < -0.4 is 5.32 Å². The molecule has 0 fully saturated rings. The van der Waals surface area contributed by atoms with Gasteiger partial charge in [-0.05, 0) is 37.5 Å². The lowest BCUT2D eigenvalue weighted by atomic mass is 9.86. The van der Waals surface area contributed by atoms with Gasteiger partial charge in [-0.15, -0.1) is 0 Å². The first-order valence-electron chi connectivity index (χ1n) is 6.23. The van der Waals surface area contributed by atoms with Gasteiger partial charge in [0.25, 0.3) is 0 Å². The zero-order valence-electron chi connectivity index (χ0n) is 11.0. The van der Waals surface area contributed by atoms with Crippen LogP contribution in [0.4, 0.5) is 0 Å². The van der Waals surface area contributed by atoms with Crippen LogP contribution >= 0.6 is 15.9 Å². The second-order valence-corrected chi connectivity index (χ2v) is 5.44. The molecular weight excluding hydrogens is 294 g/mol. The second-order valence-electron chi connectivity index (χ2n) is 4.52. The van der Waals surface area contributed by atoms with Gasteiger partial charge in [0.1, 0.15) is 5.54 Å². The van der Waals surface area contributed by atoms with Gasteiger partial charge in [0.2, 0.25) is 0 Å². The number of carbonyl (C=O) groups is 1. The van der Waals surface area contributed by atoms with Crippen LogP contribution in [-0.2, 0) is 10.3 Å². The third kappa shape index (κ3) is 3.12. The average Bonchev–Trinajstić information content (AvgIpc) is 2.36. The van der Waals surface area contributed by atoms with Gasteiger partial charge in [-0.3, -0.25) is 5.32 Å². The first kappa shape index (κ1) is 15.2. The maximum atomic E-state index is 11.7. The van der Waals surface area contributed by atoms with Crippen LogP contribution in [0.2, 0.25) is 0 Å². The van der Waals surface area contributed by atoms with E-state index in [0.29, 0.717) is 6.42 Å². The summed E-state index contributed by atoms with van der Waals surface area (Å²) in [6, 6.07) is 7.63. The van der Waals surface area contributed by atoms with Gasteiger partial charge in [0.05, 0.1) is 0 Å². The molecule has 18 heavy (non-hydrogen) atoms. The molecule has 0 aliphatic rings. The maximum Gasteiger partial charge on any atom is 0.328 e. The van der Waals surface area contributed by atoms with Crippen molar-refractivity contribution in [2.45, 2.75) is 45.2 Å². The van der Waals surface area contributed by atoms with E-state index in [9.17, 15) is 9.90 Å². The minimum Gasteiger partial charge on any atom is -0.480 e.